The van der Waals surface area contributed by atoms with E-state index >= 15 is 0 Å². The van der Waals surface area contributed by atoms with E-state index in [2.05, 4.69) is 0 Å². The lowest BCUT2D eigenvalue weighted by Crippen LogP contribution is -2.32. The van der Waals surface area contributed by atoms with Crippen LogP contribution in [-0.2, 0) is 16.1 Å². The van der Waals surface area contributed by atoms with Gasteiger partial charge in [0, 0.05) is 18.9 Å². The standard InChI is InChI=1S/C24H27NO5/c1-28-21-12-11-18(13-22(21)30-20-9-5-6-10-20)19-14-23(26)25(15-19)24(27)29-16-17-7-3-2-4-8-17/h2-4,7-8,11-13,19-20H,5-6,9-10,14-16H2,1H3. The largest absolute Gasteiger partial charge is 0.493 e. The number of methoxy groups -OCH3 is 1. The summed E-state index contributed by atoms with van der Waals surface area (Å²) in [5.74, 6) is 1.10. The van der Waals surface area contributed by atoms with Crippen molar-refractivity contribution in [1.29, 1.82) is 0 Å². The lowest BCUT2D eigenvalue weighted by atomic mass is 9.98. The number of benzene rings is 2. The van der Waals surface area contributed by atoms with Crippen LogP contribution in [0.15, 0.2) is 48.5 Å². The second kappa shape index (κ2) is 9.20. The van der Waals surface area contributed by atoms with Gasteiger partial charge in [0.1, 0.15) is 6.61 Å². The van der Waals surface area contributed by atoms with Crippen molar-refractivity contribution in [3.8, 4) is 11.5 Å². The van der Waals surface area contributed by atoms with Crippen molar-refractivity contribution in [2.24, 2.45) is 0 Å². The molecule has 158 valence electrons. The van der Waals surface area contributed by atoms with Crippen LogP contribution < -0.4 is 9.47 Å². The lowest BCUT2D eigenvalue weighted by Gasteiger charge is -2.19. The van der Waals surface area contributed by atoms with Crippen LogP contribution in [0, 0.1) is 0 Å². The minimum Gasteiger partial charge on any atom is -0.493 e. The van der Waals surface area contributed by atoms with Gasteiger partial charge in [0.2, 0.25) is 5.91 Å². The number of nitrogens with zero attached hydrogens (tertiary/aromatic N) is 1. The molecule has 2 aromatic carbocycles. The van der Waals surface area contributed by atoms with Gasteiger partial charge in [0.15, 0.2) is 11.5 Å². The van der Waals surface area contributed by atoms with Crippen molar-refractivity contribution in [2.75, 3.05) is 13.7 Å². The van der Waals surface area contributed by atoms with Crippen LogP contribution in [0.2, 0.25) is 0 Å². The maximum atomic E-state index is 12.5. The molecule has 4 rings (SSSR count). The fourth-order valence-electron chi connectivity index (χ4n) is 4.13. The number of ether oxygens (including phenoxy) is 3. The number of amides is 2. The predicted molar refractivity (Wildman–Crippen MR) is 112 cm³/mol. The summed E-state index contributed by atoms with van der Waals surface area (Å²) in [5, 5.41) is 0. The SMILES string of the molecule is COc1ccc(C2CC(=O)N(C(=O)OCc3ccccc3)C2)cc1OC1CCCC1. The number of imide groups is 1. The summed E-state index contributed by atoms with van der Waals surface area (Å²) >= 11 is 0. The predicted octanol–water partition coefficient (Wildman–Crippen LogP) is 4.67. The molecule has 1 heterocycles. The summed E-state index contributed by atoms with van der Waals surface area (Å²) in [4.78, 5) is 26.1. The molecule has 0 spiro atoms. The Labute approximate surface area is 176 Å². The van der Waals surface area contributed by atoms with Gasteiger partial charge in [-0.15, -0.1) is 0 Å². The van der Waals surface area contributed by atoms with Crippen LogP contribution in [0.25, 0.3) is 0 Å². The Kier molecular flexibility index (Phi) is 6.21. The highest BCUT2D eigenvalue weighted by Gasteiger charge is 2.36. The quantitative estimate of drug-likeness (QED) is 0.694. The molecule has 2 amide bonds. The molecular weight excluding hydrogens is 382 g/mol. The summed E-state index contributed by atoms with van der Waals surface area (Å²) in [6.45, 7) is 0.456. The Balaban J connectivity index is 1.42. The van der Waals surface area contributed by atoms with Crippen LogP contribution in [0.5, 0.6) is 11.5 Å². The first-order valence-corrected chi connectivity index (χ1v) is 10.5. The molecule has 1 aliphatic heterocycles. The number of rotatable bonds is 6. The van der Waals surface area contributed by atoms with Gasteiger partial charge < -0.3 is 14.2 Å². The van der Waals surface area contributed by atoms with Gasteiger partial charge in [0.25, 0.3) is 0 Å². The molecule has 0 N–H and O–H groups in total. The maximum Gasteiger partial charge on any atom is 0.416 e. The van der Waals surface area contributed by atoms with Gasteiger partial charge in [-0.05, 0) is 48.9 Å². The van der Waals surface area contributed by atoms with E-state index in [1.165, 1.54) is 17.7 Å². The average Bonchev–Trinajstić information content (AvgIpc) is 3.42. The molecule has 0 bridgehead atoms. The first-order valence-electron chi connectivity index (χ1n) is 10.5. The second-order valence-electron chi connectivity index (χ2n) is 7.88. The molecule has 1 unspecified atom stereocenters. The van der Waals surface area contributed by atoms with E-state index in [9.17, 15) is 9.59 Å². The molecule has 1 atom stereocenters. The van der Waals surface area contributed by atoms with Crippen LogP contribution in [-0.4, -0.2) is 36.7 Å². The molecule has 6 heteroatoms. The van der Waals surface area contributed by atoms with Crippen molar-refractivity contribution in [3.05, 3.63) is 59.7 Å². The fourth-order valence-corrected chi connectivity index (χ4v) is 4.13. The molecule has 2 fully saturated rings. The molecular formula is C24H27NO5. The highest BCUT2D eigenvalue weighted by atomic mass is 16.6. The summed E-state index contributed by atoms with van der Waals surface area (Å²) in [6, 6.07) is 15.2. The molecule has 1 saturated heterocycles. The molecule has 2 aromatic rings. The van der Waals surface area contributed by atoms with Crippen molar-refractivity contribution in [3.63, 3.8) is 0 Å². The topological polar surface area (TPSA) is 65.1 Å². The number of carbonyl (C=O) groups excluding carboxylic acids is 2. The van der Waals surface area contributed by atoms with Gasteiger partial charge >= 0.3 is 6.09 Å². The van der Waals surface area contributed by atoms with Crippen LogP contribution in [0.3, 0.4) is 0 Å². The van der Waals surface area contributed by atoms with Crippen molar-refractivity contribution in [2.45, 2.75) is 50.7 Å². The number of likely N-dealkylation sites (tertiary alicyclic amines) is 1. The van der Waals surface area contributed by atoms with Crippen molar-refractivity contribution >= 4 is 12.0 Å². The molecule has 2 aliphatic rings. The van der Waals surface area contributed by atoms with E-state index in [-0.39, 0.29) is 31.0 Å². The number of hydrogen-bond acceptors (Lipinski definition) is 5. The van der Waals surface area contributed by atoms with E-state index < -0.39 is 6.09 Å². The second-order valence-corrected chi connectivity index (χ2v) is 7.88. The first kappa shape index (κ1) is 20.3. The van der Waals surface area contributed by atoms with Crippen LogP contribution in [0.4, 0.5) is 4.79 Å². The average molecular weight is 409 g/mol. The molecule has 30 heavy (non-hydrogen) atoms. The van der Waals surface area contributed by atoms with Crippen LogP contribution in [0.1, 0.15) is 49.1 Å². The fraction of sp³-hybridized carbons (Fsp3) is 0.417. The Morgan fingerprint density at radius 3 is 2.57 bits per heavy atom. The summed E-state index contributed by atoms with van der Waals surface area (Å²) in [6.07, 6.45) is 4.36. The zero-order valence-corrected chi connectivity index (χ0v) is 17.2. The minimum atomic E-state index is -0.595. The maximum absolute atomic E-state index is 12.5. The van der Waals surface area contributed by atoms with Gasteiger partial charge in [-0.1, -0.05) is 36.4 Å². The molecule has 6 nitrogen and oxygen atoms in total. The molecule has 0 radical (unpaired) electrons. The smallest absolute Gasteiger partial charge is 0.416 e. The van der Waals surface area contributed by atoms with Gasteiger partial charge in [-0.2, -0.15) is 0 Å². The number of hydrogen-bond donors (Lipinski definition) is 0. The Morgan fingerprint density at radius 2 is 1.83 bits per heavy atom. The Morgan fingerprint density at radius 1 is 1.07 bits per heavy atom. The molecule has 1 saturated carbocycles. The van der Waals surface area contributed by atoms with Gasteiger partial charge in [-0.3, -0.25) is 4.79 Å². The van der Waals surface area contributed by atoms with Gasteiger partial charge in [-0.25, -0.2) is 9.69 Å². The molecule has 1 aliphatic carbocycles. The third-order valence-corrected chi connectivity index (χ3v) is 5.81. The van der Waals surface area contributed by atoms with Crippen molar-refractivity contribution in [1.82, 2.24) is 4.90 Å². The normalized spacial score (nSPS) is 19.2. The molecule has 0 aromatic heterocycles. The van der Waals surface area contributed by atoms with E-state index in [1.807, 2.05) is 48.5 Å². The monoisotopic (exact) mass is 409 g/mol. The van der Waals surface area contributed by atoms with Crippen molar-refractivity contribution < 1.29 is 23.8 Å². The highest BCUT2D eigenvalue weighted by Crippen LogP contribution is 2.37. The first-order chi connectivity index (χ1) is 14.6. The van der Waals surface area contributed by atoms with E-state index in [4.69, 9.17) is 14.2 Å². The van der Waals surface area contributed by atoms with E-state index in [0.717, 1.165) is 24.0 Å². The Bertz CT molecular complexity index is 892. The highest BCUT2D eigenvalue weighted by molar-refractivity contribution is 5.94. The zero-order chi connectivity index (χ0) is 20.9. The summed E-state index contributed by atoms with van der Waals surface area (Å²) < 4.78 is 17.0. The summed E-state index contributed by atoms with van der Waals surface area (Å²) in [5.41, 5.74) is 1.86. The lowest BCUT2D eigenvalue weighted by molar-refractivity contribution is -0.126. The van der Waals surface area contributed by atoms with E-state index in [0.29, 0.717) is 18.0 Å². The van der Waals surface area contributed by atoms with Crippen LogP contribution >= 0.6 is 0 Å². The van der Waals surface area contributed by atoms with E-state index in [1.54, 1.807) is 7.11 Å². The number of carbonyl (C=O) groups is 2. The zero-order valence-electron chi connectivity index (χ0n) is 17.2. The van der Waals surface area contributed by atoms with Gasteiger partial charge in [0.05, 0.1) is 13.2 Å². The Hall–Kier alpha value is -3.02. The third-order valence-electron chi connectivity index (χ3n) is 5.81. The summed E-state index contributed by atoms with van der Waals surface area (Å²) in [7, 11) is 1.63. The third kappa shape index (κ3) is 4.58. The minimum absolute atomic E-state index is 0.0846.